The van der Waals surface area contributed by atoms with Crippen molar-refractivity contribution in [2.75, 3.05) is 5.32 Å². The first-order valence-corrected chi connectivity index (χ1v) is 10.7. The molecule has 0 fully saturated rings. The van der Waals surface area contributed by atoms with Crippen molar-refractivity contribution < 1.29 is 9.18 Å². The monoisotopic (exact) mass is 486 g/mol. The van der Waals surface area contributed by atoms with Crippen molar-refractivity contribution in [2.24, 2.45) is 0 Å². The molecule has 0 bridgehead atoms. The maximum atomic E-state index is 13.0. The second-order valence-corrected chi connectivity index (χ2v) is 8.67. The molecule has 30 heavy (non-hydrogen) atoms. The zero-order chi connectivity index (χ0) is 21.1. The normalized spacial score (nSPS) is 11.0. The molecule has 9 heteroatoms. The van der Waals surface area contributed by atoms with E-state index in [1.165, 1.54) is 34.4 Å². The van der Waals surface area contributed by atoms with Crippen molar-refractivity contribution in [1.29, 1.82) is 0 Å². The number of carbonyl (C=O) groups excluding carboxylic acids is 1. The maximum absolute atomic E-state index is 13.0. The van der Waals surface area contributed by atoms with Crippen LogP contribution < -0.4 is 10.9 Å². The topological polar surface area (TPSA) is 76.9 Å². The van der Waals surface area contributed by atoms with Gasteiger partial charge in [0.15, 0.2) is 5.13 Å². The summed E-state index contributed by atoms with van der Waals surface area (Å²) in [5.74, 6) is -0.511. The van der Waals surface area contributed by atoms with Crippen LogP contribution in [-0.4, -0.2) is 20.4 Å². The van der Waals surface area contributed by atoms with Crippen LogP contribution in [0, 0.1) is 5.82 Å². The summed E-state index contributed by atoms with van der Waals surface area (Å²) in [6, 6.07) is 11.6. The molecule has 1 amide bonds. The van der Waals surface area contributed by atoms with Crippen LogP contribution in [-0.2, 0) is 17.8 Å². The average molecular weight is 487 g/mol. The van der Waals surface area contributed by atoms with Gasteiger partial charge in [-0.1, -0.05) is 28.1 Å². The number of thiazole rings is 1. The minimum atomic E-state index is -0.274. The summed E-state index contributed by atoms with van der Waals surface area (Å²) in [5.41, 5.74) is 1.39. The third-order valence-corrected chi connectivity index (χ3v) is 5.86. The molecule has 0 aliphatic rings. The predicted octanol–water partition coefficient (Wildman–Crippen LogP) is 4.37. The van der Waals surface area contributed by atoms with Gasteiger partial charge in [0, 0.05) is 34.9 Å². The van der Waals surface area contributed by atoms with Gasteiger partial charge in [-0.25, -0.2) is 14.4 Å². The van der Waals surface area contributed by atoms with Crippen molar-refractivity contribution in [2.45, 2.75) is 19.4 Å². The molecular weight excluding hydrogens is 471 g/mol. The van der Waals surface area contributed by atoms with E-state index in [-0.39, 0.29) is 30.2 Å². The maximum Gasteiger partial charge on any atom is 0.261 e. The molecule has 0 saturated carbocycles. The van der Waals surface area contributed by atoms with Gasteiger partial charge < -0.3 is 5.32 Å². The molecule has 1 N–H and O–H groups in total. The molecule has 0 spiro atoms. The molecule has 0 aliphatic heterocycles. The van der Waals surface area contributed by atoms with Crippen LogP contribution in [0.1, 0.15) is 16.9 Å². The highest BCUT2D eigenvalue weighted by molar-refractivity contribution is 9.10. The van der Waals surface area contributed by atoms with E-state index in [4.69, 9.17) is 0 Å². The predicted molar refractivity (Wildman–Crippen MR) is 118 cm³/mol. The van der Waals surface area contributed by atoms with Crippen molar-refractivity contribution >= 4 is 49.2 Å². The number of amides is 1. The van der Waals surface area contributed by atoms with Crippen LogP contribution in [0.25, 0.3) is 10.9 Å². The molecule has 4 rings (SSSR count). The quantitative estimate of drug-likeness (QED) is 0.438. The highest BCUT2D eigenvalue weighted by Crippen LogP contribution is 2.21. The van der Waals surface area contributed by atoms with E-state index in [9.17, 15) is 14.0 Å². The lowest BCUT2D eigenvalue weighted by Gasteiger charge is -2.06. The molecule has 6 nitrogen and oxygen atoms in total. The number of aryl methyl sites for hydroxylation is 1. The van der Waals surface area contributed by atoms with Gasteiger partial charge >= 0.3 is 0 Å². The first-order valence-electron chi connectivity index (χ1n) is 9.11. The lowest BCUT2D eigenvalue weighted by atomic mass is 10.1. The van der Waals surface area contributed by atoms with Crippen molar-refractivity contribution in [3.63, 3.8) is 0 Å². The number of fused-ring (bicyclic) bond motifs is 1. The molecule has 0 unspecified atom stereocenters. The molecule has 0 saturated heterocycles. The molecule has 0 aliphatic carbocycles. The van der Waals surface area contributed by atoms with Crippen LogP contribution >= 0.6 is 27.3 Å². The molecule has 2 aromatic heterocycles. The standard InChI is InChI=1S/C21H16BrFN4O2S/c22-14-3-6-18-17(10-14)20(29)27(12-25-18)8-7-19(28)26-21-24-11-16(30-21)9-13-1-4-15(23)5-2-13/h1-6,10-12H,7-9H2,(H,24,26,28). The summed E-state index contributed by atoms with van der Waals surface area (Å²) >= 11 is 4.72. The van der Waals surface area contributed by atoms with Crippen LogP contribution in [0.3, 0.4) is 0 Å². The number of nitrogens with zero attached hydrogens (tertiary/aromatic N) is 3. The van der Waals surface area contributed by atoms with Gasteiger partial charge in [0.2, 0.25) is 5.91 Å². The Hall–Kier alpha value is -2.91. The number of anilines is 1. The fourth-order valence-electron chi connectivity index (χ4n) is 2.94. The zero-order valence-electron chi connectivity index (χ0n) is 15.6. The van der Waals surface area contributed by atoms with Crippen LogP contribution in [0.5, 0.6) is 0 Å². The number of hydrogen-bond acceptors (Lipinski definition) is 5. The molecule has 4 aromatic rings. The number of rotatable bonds is 6. The van der Waals surface area contributed by atoms with Gasteiger partial charge in [0.25, 0.3) is 5.56 Å². The van der Waals surface area contributed by atoms with Gasteiger partial charge in [-0.3, -0.25) is 14.2 Å². The number of carbonyl (C=O) groups is 1. The Labute approximate surface area is 183 Å². The van der Waals surface area contributed by atoms with E-state index >= 15 is 0 Å². The number of nitrogens with one attached hydrogen (secondary N) is 1. The van der Waals surface area contributed by atoms with Crippen molar-refractivity contribution in [1.82, 2.24) is 14.5 Å². The summed E-state index contributed by atoms with van der Waals surface area (Å²) < 4.78 is 15.2. The summed E-state index contributed by atoms with van der Waals surface area (Å²) in [6.45, 7) is 0.216. The average Bonchev–Trinajstić information content (AvgIpc) is 3.16. The van der Waals surface area contributed by atoms with E-state index in [2.05, 4.69) is 31.2 Å². The molecule has 2 aromatic carbocycles. The fourth-order valence-corrected chi connectivity index (χ4v) is 4.17. The van der Waals surface area contributed by atoms with Gasteiger partial charge in [0.1, 0.15) is 5.82 Å². The van der Waals surface area contributed by atoms with E-state index in [1.807, 2.05) is 6.07 Å². The van der Waals surface area contributed by atoms with E-state index < -0.39 is 0 Å². The van der Waals surface area contributed by atoms with Gasteiger partial charge in [-0.2, -0.15) is 0 Å². The zero-order valence-corrected chi connectivity index (χ0v) is 18.0. The Balaban J connectivity index is 1.37. The molecule has 2 heterocycles. The minimum Gasteiger partial charge on any atom is -0.302 e. The molecular formula is C21H16BrFN4O2S. The Kier molecular flexibility index (Phi) is 6.01. The molecule has 0 atom stereocenters. The Morgan fingerprint density at radius 3 is 2.77 bits per heavy atom. The van der Waals surface area contributed by atoms with E-state index in [0.717, 1.165) is 14.9 Å². The summed E-state index contributed by atoms with van der Waals surface area (Å²) in [6.07, 6.45) is 3.88. The lowest BCUT2D eigenvalue weighted by molar-refractivity contribution is -0.116. The van der Waals surface area contributed by atoms with Gasteiger partial charge in [-0.05, 0) is 35.9 Å². The number of halogens is 2. The highest BCUT2D eigenvalue weighted by Gasteiger charge is 2.10. The number of benzene rings is 2. The molecule has 152 valence electrons. The van der Waals surface area contributed by atoms with E-state index in [1.54, 1.807) is 30.5 Å². The van der Waals surface area contributed by atoms with E-state index in [0.29, 0.717) is 22.5 Å². The smallest absolute Gasteiger partial charge is 0.261 e. The number of aromatic nitrogens is 3. The molecule has 0 radical (unpaired) electrons. The van der Waals surface area contributed by atoms with Crippen LogP contribution in [0.2, 0.25) is 0 Å². The SMILES string of the molecule is O=C(CCn1cnc2ccc(Br)cc2c1=O)Nc1ncc(Cc2ccc(F)cc2)s1. The largest absolute Gasteiger partial charge is 0.302 e. The first kappa shape index (κ1) is 20.4. The van der Waals surface area contributed by atoms with Gasteiger partial charge in [-0.15, -0.1) is 11.3 Å². The highest BCUT2D eigenvalue weighted by atomic mass is 79.9. The van der Waals surface area contributed by atoms with Crippen molar-refractivity contribution in [3.05, 3.63) is 86.1 Å². The van der Waals surface area contributed by atoms with Crippen LogP contribution in [0.15, 0.2) is 64.3 Å². The number of hydrogen-bond donors (Lipinski definition) is 1. The lowest BCUT2D eigenvalue weighted by Crippen LogP contribution is -2.23. The Morgan fingerprint density at radius 1 is 1.17 bits per heavy atom. The summed E-state index contributed by atoms with van der Waals surface area (Å²) in [4.78, 5) is 34.3. The fraction of sp³-hybridized carbons (Fsp3) is 0.143. The second-order valence-electron chi connectivity index (χ2n) is 6.64. The van der Waals surface area contributed by atoms with Crippen LogP contribution in [0.4, 0.5) is 9.52 Å². The Bertz CT molecular complexity index is 1270. The third-order valence-electron chi connectivity index (χ3n) is 4.46. The van der Waals surface area contributed by atoms with Crippen molar-refractivity contribution in [3.8, 4) is 0 Å². The summed E-state index contributed by atoms with van der Waals surface area (Å²) in [5, 5.41) is 3.75. The van der Waals surface area contributed by atoms with Gasteiger partial charge in [0.05, 0.1) is 17.2 Å². The Morgan fingerprint density at radius 2 is 1.97 bits per heavy atom. The first-order chi connectivity index (χ1) is 14.5. The minimum absolute atomic E-state index is 0.119. The summed E-state index contributed by atoms with van der Waals surface area (Å²) in [7, 11) is 0. The second kappa shape index (κ2) is 8.85. The third kappa shape index (κ3) is 4.80.